The highest BCUT2D eigenvalue weighted by molar-refractivity contribution is 5.95. The van der Waals surface area contributed by atoms with E-state index in [-0.39, 0.29) is 11.4 Å². The summed E-state index contributed by atoms with van der Waals surface area (Å²) in [6, 6.07) is 9.08. The average molecular weight is 250 g/mol. The van der Waals surface area contributed by atoms with E-state index in [2.05, 4.69) is 4.74 Å². The van der Waals surface area contributed by atoms with Crippen molar-refractivity contribution >= 4 is 11.7 Å². The molecule has 1 saturated heterocycles. The van der Waals surface area contributed by atoms with Crippen LogP contribution < -0.4 is 5.73 Å². The van der Waals surface area contributed by atoms with E-state index in [9.17, 15) is 4.79 Å². The molecule has 1 aliphatic rings. The fourth-order valence-corrected chi connectivity index (χ4v) is 1.54. The second kappa shape index (κ2) is 5.52. The molecule has 2 N–H and O–H groups in total. The van der Waals surface area contributed by atoms with Gasteiger partial charge in [-0.2, -0.15) is 0 Å². The van der Waals surface area contributed by atoms with E-state index in [0.717, 1.165) is 5.23 Å². The zero-order valence-electron chi connectivity index (χ0n) is 9.96. The number of nitrogens with two attached hydrogens (primary N) is 1. The zero-order chi connectivity index (χ0) is 13.0. The highest BCUT2D eigenvalue weighted by Crippen LogP contribution is 2.20. The molecule has 2 rings (SSSR count). The Hall–Kier alpha value is -2.05. The topological polar surface area (TPSA) is 74.0 Å². The molecule has 96 valence electrons. The summed E-state index contributed by atoms with van der Waals surface area (Å²) in [4.78, 5) is 22.1. The summed E-state index contributed by atoms with van der Waals surface area (Å²) in [5.74, 6) is -0.613. The van der Waals surface area contributed by atoms with Gasteiger partial charge in [0.1, 0.15) is 13.2 Å². The number of methoxy groups -OCH3 is 1. The molecule has 1 aromatic rings. The Morgan fingerprint density at radius 1 is 1.28 bits per heavy atom. The lowest BCUT2D eigenvalue weighted by molar-refractivity contribution is -0.271. The van der Waals surface area contributed by atoms with Crippen LogP contribution in [0.2, 0.25) is 0 Å². The first-order valence-corrected chi connectivity index (χ1v) is 5.43. The van der Waals surface area contributed by atoms with Gasteiger partial charge in [-0.15, -0.1) is 5.23 Å². The van der Waals surface area contributed by atoms with E-state index in [1.165, 1.54) is 7.11 Å². The van der Waals surface area contributed by atoms with Crippen molar-refractivity contribution in [3.63, 3.8) is 0 Å². The fourth-order valence-electron chi connectivity index (χ4n) is 1.54. The predicted octanol–water partition coefficient (Wildman–Crippen LogP) is 0.666. The van der Waals surface area contributed by atoms with Crippen molar-refractivity contribution in [3.05, 3.63) is 41.6 Å². The lowest BCUT2D eigenvalue weighted by Crippen LogP contribution is -2.27. The third kappa shape index (κ3) is 2.44. The van der Waals surface area contributed by atoms with Crippen LogP contribution in [-0.4, -0.2) is 31.5 Å². The molecule has 1 aromatic carbocycles. The van der Waals surface area contributed by atoms with Crippen molar-refractivity contribution in [3.8, 4) is 0 Å². The van der Waals surface area contributed by atoms with Gasteiger partial charge in [0.2, 0.25) is 5.70 Å². The maximum Gasteiger partial charge on any atom is 0.361 e. The van der Waals surface area contributed by atoms with E-state index in [1.807, 2.05) is 18.2 Å². The van der Waals surface area contributed by atoms with Crippen LogP contribution in [0.5, 0.6) is 0 Å². The van der Waals surface area contributed by atoms with Crippen LogP contribution in [0.1, 0.15) is 5.56 Å². The molecule has 6 nitrogen and oxygen atoms in total. The summed E-state index contributed by atoms with van der Waals surface area (Å²) < 4.78 is 4.69. The van der Waals surface area contributed by atoms with Crippen LogP contribution in [-0.2, 0) is 19.2 Å². The molecule has 0 bridgehead atoms. The first-order chi connectivity index (χ1) is 8.74. The monoisotopic (exact) mass is 250 g/mol. The highest BCUT2D eigenvalue weighted by atomic mass is 17.0. The maximum absolute atomic E-state index is 11.8. The Bertz CT molecular complexity index is 452. The molecule has 0 aromatic heterocycles. The van der Waals surface area contributed by atoms with Crippen molar-refractivity contribution in [2.45, 2.75) is 0 Å². The number of nitrogens with zero attached hydrogens (tertiary/aromatic N) is 1. The number of hydroxylamine groups is 2. The zero-order valence-corrected chi connectivity index (χ0v) is 9.96. The molecule has 0 amide bonds. The molecule has 0 atom stereocenters. The summed E-state index contributed by atoms with van der Waals surface area (Å²) in [6.07, 6.45) is 0. The van der Waals surface area contributed by atoms with Crippen molar-refractivity contribution < 1.29 is 19.2 Å². The fraction of sp³-hybridized carbons (Fsp3) is 0.250. The van der Waals surface area contributed by atoms with Crippen LogP contribution >= 0.6 is 0 Å². The van der Waals surface area contributed by atoms with E-state index >= 15 is 0 Å². The first-order valence-electron chi connectivity index (χ1n) is 5.43. The number of hydrogen-bond acceptors (Lipinski definition) is 6. The van der Waals surface area contributed by atoms with Gasteiger partial charge in [0, 0.05) is 0 Å². The third-order valence-corrected chi connectivity index (χ3v) is 2.40. The second-order valence-corrected chi connectivity index (χ2v) is 3.54. The minimum absolute atomic E-state index is 0.0428. The second-order valence-electron chi connectivity index (χ2n) is 3.54. The SMILES string of the molecule is COC(=O)C(=C(N)c1ccccc1)N1OCCO1. The molecule has 0 unspecified atom stereocenters. The first kappa shape index (κ1) is 12.4. The van der Waals surface area contributed by atoms with E-state index in [4.69, 9.17) is 15.4 Å². The minimum atomic E-state index is -0.613. The van der Waals surface area contributed by atoms with Crippen molar-refractivity contribution in [2.75, 3.05) is 20.3 Å². The largest absolute Gasteiger partial charge is 0.464 e. The number of carbonyl (C=O) groups excluding carboxylic acids is 1. The Morgan fingerprint density at radius 2 is 1.89 bits per heavy atom. The third-order valence-electron chi connectivity index (χ3n) is 2.40. The minimum Gasteiger partial charge on any atom is -0.464 e. The summed E-state index contributed by atoms with van der Waals surface area (Å²) in [7, 11) is 1.27. The quantitative estimate of drug-likeness (QED) is 0.627. The van der Waals surface area contributed by atoms with E-state index in [0.29, 0.717) is 18.8 Å². The van der Waals surface area contributed by atoms with Crippen LogP contribution in [0.25, 0.3) is 5.70 Å². The number of rotatable bonds is 3. The molecule has 18 heavy (non-hydrogen) atoms. The van der Waals surface area contributed by atoms with Gasteiger partial charge in [-0.05, 0) is 5.56 Å². The molecular formula is C12H14N2O4. The molecule has 6 heteroatoms. The smallest absolute Gasteiger partial charge is 0.361 e. The lowest BCUT2D eigenvalue weighted by atomic mass is 10.1. The van der Waals surface area contributed by atoms with Crippen molar-refractivity contribution in [1.29, 1.82) is 0 Å². The molecule has 0 saturated carbocycles. The molecule has 0 spiro atoms. The summed E-state index contributed by atoms with van der Waals surface area (Å²) >= 11 is 0. The molecule has 1 fully saturated rings. The average Bonchev–Trinajstić information content (AvgIpc) is 2.93. The van der Waals surface area contributed by atoms with Crippen molar-refractivity contribution in [2.24, 2.45) is 5.73 Å². The Balaban J connectivity index is 2.40. The summed E-state index contributed by atoms with van der Waals surface area (Å²) in [5, 5.41) is 1.01. The number of ether oxygens (including phenoxy) is 1. The molecular weight excluding hydrogens is 236 g/mol. The molecule has 0 aliphatic carbocycles. The van der Waals surface area contributed by atoms with Crippen molar-refractivity contribution in [1.82, 2.24) is 5.23 Å². The predicted molar refractivity (Wildman–Crippen MR) is 63.3 cm³/mol. The van der Waals surface area contributed by atoms with Crippen LogP contribution in [0.3, 0.4) is 0 Å². The van der Waals surface area contributed by atoms with E-state index in [1.54, 1.807) is 12.1 Å². The molecule has 0 radical (unpaired) electrons. The van der Waals surface area contributed by atoms with Gasteiger partial charge in [-0.1, -0.05) is 30.3 Å². The Morgan fingerprint density at radius 3 is 2.44 bits per heavy atom. The van der Waals surface area contributed by atoms with Gasteiger partial charge >= 0.3 is 5.97 Å². The Kier molecular flexibility index (Phi) is 3.81. The van der Waals surface area contributed by atoms with Crippen LogP contribution in [0.15, 0.2) is 36.0 Å². The summed E-state index contributed by atoms with van der Waals surface area (Å²) in [5.41, 5.74) is 6.95. The number of hydrogen-bond donors (Lipinski definition) is 1. The molecule has 1 aliphatic heterocycles. The number of carbonyl (C=O) groups is 1. The summed E-state index contributed by atoms with van der Waals surface area (Å²) in [6.45, 7) is 0.727. The van der Waals surface area contributed by atoms with Gasteiger partial charge in [0.05, 0.1) is 12.8 Å². The van der Waals surface area contributed by atoms with Gasteiger partial charge < -0.3 is 10.5 Å². The highest BCUT2D eigenvalue weighted by Gasteiger charge is 2.28. The van der Waals surface area contributed by atoms with Gasteiger partial charge in [-0.3, -0.25) is 0 Å². The number of esters is 1. The Labute approximate surface area is 104 Å². The lowest BCUT2D eigenvalue weighted by Gasteiger charge is -2.18. The van der Waals surface area contributed by atoms with Crippen LogP contribution in [0, 0.1) is 0 Å². The van der Waals surface area contributed by atoms with Crippen LogP contribution in [0.4, 0.5) is 0 Å². The molecule has 1 heterocycles. The standard InChI is InChI=1S/C12H14N2O4/c1-16-12(15)11(14-17-7-8-18-14)10(13)9-5-3-2-4-6-9/h2-6H,7-8,13H2,1H3. The maximum atomic E-state index is 11.8. The normalized spacial score (nSPS) is 16.4. The van der Waals surface area contributed by atoms with Gasteiger partial charge in [0.25, 0.3) is 0 Å². The van der Waals surface area contributed by atoms with Gasteiger partial charge in [0.15, 0.2) is 0 Å². The number of benzene rings is 1. The van der Waals surface area contributed by atoms with Gasteiger partial charge in [-0.25, -0.2) is 14.5 Å². The van der Waals surface area contributed by atoms with E-state index < -0.39 is 5.97 Å².